The van der Waals surface area contributed by atoms with E-state index < -0.39 is 0 Å². The number of rotatable bonds is 1. The summed E-state index contributed by atoms with van der Waals surface area (Å²) in [6, 6.07) is 8.70. The molecule has 18 heavy (non-hydrogen) atoms. The van der Waals surface area contributed by atoms with Crippen molar-refractivity contribution in [3.63, 3.8) is 0 Å². The first-order chi connectivity index (χ1) is 8.78. The highest BCUT2D eigenvalue weighted by molar-refractivity contribution is 5.67. The molecule has 0 spiro atoms. The van der Waals surface area contributed by atoms with Crippen LogP contribution in [0.4, 0.5) is 0 Å². The molecule has 0 fully saturated rings. The van der Waals surface area contributed by atoms with E-state index in [1.54, 1.807) is 10.9 Å². The SMILES string of the molecule is Cn1cc(C#N)c(-c2ccc3c(c2)CCCC3)n1. The lowest BCUT2D eigenvalue weighted by Crippen LogP contribution is -2.02. The number of benzene rings is 1. The summed E-state index contributed by atoms with van der Waals surface area (Å²) in [4.78, 5) is 0. The Morgan fingerprint density at radius 2 is 2.00 bits per heavy atom. The summed E-state index contributed by atoms with van der Waals surface area (Å²) >= 11 is 0. The first kappa shape index (κ1) is 11.0. The van der Waals surface area contributed by atoms with Gasteiger partial charge in [-0.25, -0.2) is 0 Å². The molecule has 1 aliphatic rings. The molecule has 0 saturated heterocycles. The molecular weight excluding hydrogens is 222 g/mol. The monoisotopic (exact) mass is 237 g/mol. The van der Waals surface area contributed by atoms with Gasteiger partial charge in [0.25, 0.3) is 0 Å². The molecule has 3 heteroatoms. The molecule has 0 amide bonds. The van der Waals surface area contributed by atoms with Gasteiger partial charge in [0.15, 0.2) is 0 Å². The van der Waals surface area contributed by atoms with Crippen LogP contribution in [0.3, 0.4) is 0 Å². The van der Waals surface area contributed by atoms with Gasteiger partial charge in [0, 0.05) is 18.8 Å². The highest BCUT2D eigenvalue weighted by Gasteiger charge is 2.14. The van der Waals surface area contributed by atoms with Crippen LogP contribution in [0.25, 0.3) is 11.3 Å². The third-order valence-electron chi connectivity index (χ3n) is 3.57. The van der Waals surface area contributed by atoms with E-state index in [1.807, 2.05) is 7.05 Å². The summed E-state index contributed by atoms with van der Waals surface area (Å²) in [6.07, 6.45) is 6.67. The van der Waals surface area contributed by atoms with Gasteiger partial charge >= 0.3 is 0 Å². The van der Waals surface area contributed by atoms with E-state index in [0.29, 0.717) is 5.56 Å². The molecule has 1 aromatic carbocycles. The van der Waals surface area contributed by atoms with E-state index in [2.05, 4.69) is 29.4 Å². The molecule has 1 aromatic heterocycles. The maximum atomic E-state index is 9.13. The molecule has 0 atom stereocenters. The van der Waals surface area contributed by atoms with Crippen LogP contribution in [0.1, 0.15) is 29.5 Å². The predicted molar refractivity (Wildman–Crippen MR) is 70.0 cm³/mol. The Balaban J connectivity index is 2.09. The Bertz CT molecular complexity index is 632. The quantitative estimate of drug-likeness (QED) is 0.765. The number of fused-ring (bicyclic) bond motifs is 1. The maximum absolute atomic E-state index is 9.13. The van der Waals surface area contributed by atoms with E-state index in [9.17, 15) is 0 Å². The van der Waals surface area contributed by atoms with Crippen LogP contribution >= 0.6 is 0 Å². The second-order valence-electron chi connectivity index (χ2n) is 4.87. The molecule has 1 aliphatic carbocycles. The van der Waals surface area contributed by atoms with E-state index in [1.165, 1.54) is 30.4 Å². The van der Waals surface area contributed by atoms with Crippen LogP contribution in [0.15, 0.2) is 24.4 Å². The van der Waals surface area contributed by atoms with E-state index in [0.717, 1.165) is 17.7 Å². The minimum atomic E-state index is 0.647. The zero-order valence-corrected chi connectivity index (χ0v) is 10.5. The van der Waals surface area contributed by atoms with Crippen molar-refractivity contribution in [2.75, 3.05) is 0 Å². The molecule has 0 aliphatic heterocycles. The van der Waals surface area contributed by atoms with E-state index >= 15 is 0 Å². The number of nitrogens with zero attached hydrogens (tertiary/aromatic N) is 3. The standard InChI is InChI=1S/C15H15N3/c1-18-10-14(9-16)15(17-18)13-7-6-11-4-2-3-5-12(11)8-13/h6-8,10H,2-5H2,1H3. The van der Waals surface area contributed by atoms with Crippen molar-refractivity contribution < 1.29 is 0 Å². The summed E-state index contributed by atoms with van der Waals surface area (Å²) in [6.45, 7) is 0. The normalized spacial score (nSPS) is 14.0. The molecule has 1 heterocycles. The number of hydrogen-bond donors (Lipinski definition) is 0. The number of hydrogen-bond acceptors (Lipinski definition) is 2. The van der Waals surface area contributed by atoms with Crippen LogP contribution in [-0.4, -0.2) is 9.78 Å². The zero-order chi connectivity index (χ0) is 12.5. The Hall–Kier alpha value is -2.08. The molecule has 90 valence electrons. The smallest absolute Gasteiger partial charge is 0.110 e. The van der Waals surface area contributed by atoms with Crippen LogP contribution in [0.2, 0.25) is 0 Å². The minimum Gasteiger partial charge on any atom is -0.274 e. The summed E-state index contributed by atoms with van der Waals surface area (Å²) in [5.41, 5.74) is 5.39. The fraction of sp³-hybridized carbons (Fsp3) is 0.333. The highest BCUT2D eigenvalue weighted by Crippen LogP contribution is 2.28. The first-order valence-corrected chi connectivity index (χ1v) is 6.34. The summed E-state index contributed by atoms with van der Waals surface area (Å²) in [7, 11) is 1.85. The van der Waals surface area contributed by atoms with Crippen LogP contribution in [0, 0.1) is 11.3 Å². The Labute approximate surface area is 107 Å². The van der Waals surface area contributed by atoms with Gasteiger partial charge in [-0.2, -0.15) is 10.4 Å². The van der Waals surface area contributed by atoms with Crippen molar-refractivity contribution in [2.45, 2.75) is 25.7 Å². The molecule has 0 radical (unpaired) electrons. The van der Waals surface area contributed by atoms with E-state index in [-0.39, 0.29) is 0 Å². The number of aryl methyl sites for hydroxylation is 3. The number of nitriles is 1. The second kappa shape index (κ2) is 4.30. The predicted octanol–water partition coefficient (Wildman–Crippen LogP) is 2.84. The molecule has 0 bridgehead atoms. The molecule has 3 nitrogen and oxygen atoms in total. The van der Waals surface area contributed by atoms with Crippen molar-refractivity contribution in [1.82, 2.24) is 9.78 Å². The van der Waals surface area contributed by atoms with Gasteiger partial charge in [0.05, 0.1) is 5.56 Å². The van der Waals surface area contributed by atoms with Crippen molar-refractivity contribution in [2.24, 2.45) is 7.05 Å². The molecule has 0 N–H and O–H groups in total. The Morgan fingerprint density at radius 3 is 2.78 bits per heavy atom. The van der Waals surface area contributed by atoms with Gasteiger partial charge in [0.2, 0.25) is 0 Å². The summed E-state index contributed by atoms with van der Waals surface area (Å²) in [5, 5.41) is 13.5. The van der Waals surface area contributed by atoms with Crippen molar-refractivity contribution in [1.29, 1.82) is 5.26 Å². The average Bonchev–Trinajstić information content (AvgIpc) is 2.79. The lowest BCUT2D eigenvalue weighted by molar-refractivity contribution is 0.686. The van der Waals surface area contributed by atoms with Crippen molar-refractivity contribution in [3.8, 4) is 17.3 Å². The summed E-state index contributed by atoms with van der Waals surface area (Å²) in [5.74, 6) is 0. The average molecular weight is 237 g/mol. The molecule has 3 rings (SSSR count). The molecule has 2 aromatic rings. The van der Waals surface area contributed by atoms with Gasteiger partial charge in [0.1, 0.15) is 11.8 Å². The van der Waals surface area contributed by atoms with Crippen LogP contribution in [-0.2, 0) is 19.9 Å². The largest absolute Gasteiger partial charge is 0.274 e. The van der Waals surface area contributed by atoms with Gasteiger partial charge in [-0.1, -0.05) is 12.1 Å². The van der Waals surface area contributed by atoms with Gasteiger partial charge in [-0.3, -0.25) is 4.68 Å². The first-order valence-electron chi connectivity index (χ1n) is 6.34. The molecule has 0 unspecified atom stereocenters. The zero-order valence-electron chi connectivity index (χ0n) is 10.5. The van der Waals surface area contributed by atoms with Gasteiger partial charge in [-0.05, 0) is 42.9 Å². The fourth-order valence-corrected chi connectivity index (χ4v) is 2.66. The second-order valence-corrected chi connectivity index (χ2v) is 4.87. The highest BCUT2D eigenvalue weighted by atomic mass is 15.2. The van der Waals surface area contributed by atoms with Crippen LogP contribution in [0.5, 0.6) is 0 Å². The number of aromatic nitrogens is 2. The topological polar surface area (TPSA) is 41.6 Å². The molecule has 0 saturated carbocycles. The van der Waals surface area contributed by atoms with Gasteiger partial charge < -0.3 is 0 Å². The molecular formula is C15H15N3. The van der Waals surface area contributed by atoms with Crippen LogP contribution < -0.4 is 0 Å². The third-order valence-corrected chi connectivity index (χ3v) is 3.57. The van der Waals surface area contributed by atoms with Crippen molar-refractivity contribution in [3.05, 3.63) is 41.1 Å². The summed E-state index contributed by atoms with van der Waals surface area (Å²) < 4.78 is 1.70. The minimum absolute atomic E-state index is 0.647. The Morgan fingerprint density at radius 1 is 1.22 bits per heavy atom. The fourth-order valence-electron chi connectivity index (χ4n) is 2.66. The van der Waals surface area contributed by atoms with Gasteiger partial charge in [-0.15, -0.1) is 0 Å². The lowest BCUT2D eigenvalue weighted by atomic mass is 9.89. The maximum Gasteiger partial charge on any atom is 0.110 e. The Kier molecular flexibility index (Phi) is 2.64. The third kappa shape index (κ3) is 1.80. The lowest BCUT2D eigenvalue weighted by Gasteiger charge is -2.16. The van der Waals surface area contributed by atoms with Crippen molar-refractivity contribution >= 4 is 0 Å². The van der Waals surface area contributed by atoms with E-state index in [4.69, 9.17) is 5.26 Å².